The van der Waals surface area contributed by atoms with Crippen molar-refractivity contribution in [1.29, 1.82) is 0 Å². The van der Waals surface area contributed by atoms with Gasteiger partial charge >= 0.3 is 0 Å². The van der Waals surface area contributed by atoms with Crippen LogP contribution in [-0.2, 0) is 4.84 Å². The Morgan fingerprint density at radius 2 is 2.06 bits per heavy atom. The third-order valence-electron chi connectivity index (χ3n) is 1.52. The van der Waals surface area contributed by atoms with E-state index in [-0.39, 0.29) is 15.7 Å². The number of amides is 1. The Balaban J connectivity index is 2.77. The van der Waals surface area contributed by atoms with Crippen molar-refractivity contribution in [3.8, 4) is 0 Å². The summed E-state index contributed by atoms with van der Waals surface area (Å²) >= 11 is 11.5. The van der Waals surface area contributed by atoms with Gasteiger partial charge in [-0.15, -0.1) is 0 Å². The fraction of sp³-hybridized carbons (Fsp3) is 0.400. The van der Waals surface area contributed by atoms with Gasteiger partial charge in [-0.05, 0) is 26.8 Å². The summed E-state index contributed by atoms with van der Waals surface area (Å²) in [5.41, 5.74) is 2.05. The van der Waals surface area contributed by atoms with Gasteiger partial charge in [0.1, 0.15) is 5.15 Å². The predicted molar refractivity (Wildman–Crippen MR) is 62.6 cm³/mol. The van der Waals surface area contributed by atoms with E-state index in [1.54, 1.807) is 0 Å². The van der Waals surface area contributed by atoms with Gasteiger partial charge in [0.15, 0.2) is 0 Å². The Morgan fingerprint density at radius 1 is 1.44 bits per heavy atom. The van der Waals surface area contributed by atoms with Crippen LogP contribution >= 0.6 is 23.2 Å². The summed E-state index contributed by atoms with van der Waals surface area (Å²) in [5, 5.41) is 0.421. The van der Waals surface area contributed by atoms with E-state index >= 15 is 0 Å². The van der Waals surface area contributed by atoms with Gasteiger partial charge in [-0.3, -0.25) is 9.63 Å². The highest BCUT2D eigenvalue weighted by molar-refractivity contribution is 6.35. The second-order valence-electron chi connectivity index (χ2n) is 4.13. The number of carbonyl (C=O) groups is 1. The lowest BCUT2D eigenvalue weighted by Crippen LogP contribution is -2.33. The van der Waals surface area contributed by atoms with Crippen molar-refractivity contribution in [2.75, 3.05) is 0 Å². The highest BCUT2D eigenvalue weighted by Crippen LogP contribution is 2.18. The minimum Gasteiger partial charge on any atom is -0.268 e. The lowest BCUT2D eigenvalue weighted by molar-refractivity contribution is -0.0589. The van der Waals surface area contributed by atoms with Gasteiger partial charge in [-0.1, -0.05) is 23.2 Å². The number of carbonyl (C=O) groups excluding carboxylic acids is 1. The van der Waals surface area contributed by atoms with Crippen LogP contribution < -0.4 is 5.48 Å². The molecule has 0 aliphatic rings. The van der Waals surface area contributed by atoms with Crippen molar-refractivity contribution < 1.29 is 9.63 Å². The number of pyridine rings is 1. The van der Waals surface area contributed by atoms with Crippen LogP contribution in [0.1, 0.15) is 31.1 Å². The number of aromatic nitrogens is 1. The Morgan fingerprint density at radius 3 is 2.62 bits per heavy atom. The van der Waals surface area contributed by atoms with Crippen LogP contribution in [-0.4, -0.2) is 16.5 Å². The maximum Gasteiger partial charge on any atom is 0.276 e. The smallest absolute Gasteiger partial charge is 0.268 e. The zero-order valence-electron chi connectivity index (χ0n) is 9.17. The van der Waals surface area contributed by atoms with Gasteiger partial charge in [0, 0.05) is 6.20 Å². The number of hydrogen-bond donors (Lipinski definition) is 1. The number of rotatable bonds is 2. The largest absolute Gasteiger partial charge is 0.276 e. The summed E-state index contributed by atoms with van der Waals surface area (Å²) < 4.78 is 0. The van der Waals surface area contributed by atoms with Gasteiger partial charge in [-0.25, -0.2) is 10.5 Å². The molecular formula is C10H12Cl2N2O2. The lowest BCUT2D eigenvalue weighted by atomic mass is 10.2. The van der Waals surface area contributed by atoms with E-state index in [1.165, 1.54) is 12.3 Å². The summed E-state index contributed by atoms with van der Waals surface area (Å²) in [5.74, 6) is -0.454. The minimum atomic E-state index is -0.473. The van der Waals surface area contributed by atoms with Crippen LogP contribution in [0.3, 0.4) is 0 Å². The van der Waals surface area contributed by atoms with Crippen LogP contribution in [0.2, 0.25) is 10.2 Å². The minimum absolute atomic E-state index is 0.199. The Bertz CT molecular complexity index is 402. The van der Waals surface area contributed by atoms with Crippen LogP contribution in [0, 0.1) is 0 Å². The third-order valence-corrected chi connectivity index (χ3v) is 2.02. The van der Waals surface area contributed by atoms with E-state index in [0.29, 0.717) is 0 Å². The van der Waals surface area contributed by atoms with Gasteiger partial charge in [-0.2, -0.15) is 0 Å². The van der Waals surface area contributed by atoms with Crippen LogP contribution in [0.25, 0.3) is 0 Å². The first kappa shape index (κ1) is 13.2. The SMILES string of the molecule is CC(C)(C)ONC(=O)c1cc(Cl)ncc1Cl. The highest BCUT2D eigenvalue weighted by Gasteiger charge is 2.16. The van der Waals surface area contributed by atoms with Crippen molar-refractivity contribution in [3.63, 3.8) is 0 Å². The molecule has 0 aliphatic carbocycles. The summed E-state index contributed by atoms with van der Waals surface area (Å²) in [6.45, 7) is 5.44. The van der Waals surface area contributed by atoms with Crippen LogP contribution in [0.5, 0.6) is 0 Å². The summed E-state index contributed by atoms with van der Waals surface area (Å²) in [6.07, 6.45) is 1.32. The predicted octanol–water partition coefficient (Wildman–Crippen LogP) is 2.85. The zero-order valence-corrected chi connectivity index (χ0v) is 10.7. The molecule has 0 atom stereocenters. The van der Waals surface area contributed by atoms with Crippen LogP contribution in [0.4, 0.5) is 0 Å². The second-order valence-corrected chi connectivity index (χ2v) is 4.93. The van der Waals surface area contributed by atoms with Gasteiger partial charge in [0.05, 0.1) is 16.2 Å². The van der Waals surface area contributed by atoms with Gasteiger partial charge < -0.3 is 0 Å². The molecule has 1 aromatic heterocycles. The monoisotopic (exact) mass is 262 g/mol. The Kier molecular flexibility index (Phi) is 4.13. The van der Waals surface area contributed by atoms with E-state index < -0.39 is 11.5 Å². The van der Waals surface area contributed by atoms with Crippen molar-refractivity contribution in [1.82, 2.24) is 10.5 Å². The number of nitrogens with zero attached hydrogens (tertiary/aromatic N) is 1. The molecule has 16 heavy (non-hydrogen) atoms. The first-order chi connectivity index (χ1) is 7.29. The summed E-state index contributed by atoms with van der Waals surface area (Å²) in [7, 11) is 0. The number of nitrogens with one attached hydrogen (secondary N) is 1. The summed E-state index contributed by atoms with van der Waals surface area (Å²) in [4.78, 5) is 20.5. The molecule has 0 aliphatic heterocycles. The fourth-order valence-corrected chi connectivity index (χ4v) is 1.19. The second kappa shape index (κ2) is 4.99. The molecule has 1 rings (SSSR count). The molecule has 0 radical (unpaired) electrons. The average Bonchev–Trinajstić information content (AvgIpc) is 2.17. The Labute approximate surface area is 104 Å². The van der Waals surface area contributed by atoms with Gasteiger partial charge in [0.2, 0.25) is 0 Å². The van der Waals surface area contributed by atoms with Crippen molar-refractivity contribution >= 4 is 29.1 Å². The van der Waals surface area contributed by atoms with E-state index in [0.717, 1.165) is 0 Å². The zero-order chi connectivity index (χ0) is 12.3. The molecule has 1 heterocycles. The first-order valence-electron chi connectivity index (χ1n) is 4.59. The van der Waals surface area contributed by atoms with Gasteiger partial charge in [0.25, 0.3) is 5.91 Å². The average molecular weight is 263 g/mol. The van der Waals surface area contributed by atoms with Crippen molar-refractivity contribution in [3.05, 3.63) is 28.0 Å². The van der Waals surface area contributed by atoms with E-state index in [2.05, 4.69) is 10.5 Å². The highest BCUT2D eigenvalue weighted by atomic mass is 35.5. The fourth-order valence-electron chi connectivity index (χ4n) is 0.842. The van der Waals surface area contributed by atoms with E-state index in [9.17, 15) is 4.79 Å². The standard InChI is InChI=1S/C10H12Cl2N2O2/c1-10(2,3)16-14-9(15)6-4-8(12)13-5-7(6)11/h4-5H,1-3H3,(H,14,15). The van der Waals surface area contributed by atoms with E-state index in [1.807, 2.05) is 20.8 Å². The number of hydroxylamine groups is 1. The molecule has 88 valence electrons. The molecule has 1 amide bonds. The molecule has 6 heteroatoms. The molecule has 4 nitrogen and oxygen atoms in total. The molecule has 0 aromatic carbocycles. The molecule has 1 aromatic rings. The molecule has 1 N–H and O–H groups in total. The summed E-state index contributed by atoms with van der Waals surface area (Å²) in [6, 6.07) is 1.38. The molecule has 0 bridgehead atoms. The molecule has 0 unspecified atom stereocenters. The normalized spacial score (nSPS) is 11.3. The lowest BCUT2D eigenvalue weighted by Gasteiger charge is -2.19. The molecule has 0 saturated carbocycles. The Hall–Kier alpha value is -0.840. The maximum atomic E-state index is 11.7. The quantitative estimate of drug-likeness (QED) is 0.659. The van der Waals surface area contributed by atoms with E-state index in [4.69, 9.17) is 28.0 Å². The molecule has 0 saturated heterocycles. The first-order valence-corrected chi connectivity index (χ1v) is 5.34. The van der Waals surface area contributed by atoms with Crippen molar-refractivity contribution in [2.24, 2.45) is 0 Å². The van der Waals surface area contributed by atoms with Crippen molar-refractivity contribution in [2.45, 2.75) is 26.4 Å². The van der Waals surface area contributed by atoms with Crippen LogP contribution in [0.15, 0.2) is 12.3 Å². The third kappa shape index (κ3) is 3.96. The number of hydrogen-bond acceptors (Lipinski definition) is 3. The maximum absolute atomic E-state index is 11.7. The molecule has 0 fully saturated rings. The topological polar surface area (TPSA) is 51.2 Å². The molecular weight excluding hydrogens is 251 g/mol. The molecule has 0 spiro atoms. The number of halogens is 2.